The van der Waals surface area contributed by atoms with Crippen molar-refractivity contribution in [1.29, 1.82) is 0 Å². The normalized spacial score (nSPS) is 15.8. The molecular weight excluding hydrogens is 298 g/mol. The van der Waals surface area contributed by atoms with E-state index < -0.39 is 5.76 Å². The van der Waals surface area contributed by atoms with Crippen LogP contribution in [0.25, 0.3) is 11.1 Å². The maximum atomic E-state index is 12.3. The van der Waals surface area contributed by atoms with E-state index in [0.717, 1.165) is 0 Å². The quantitative estimate of drug-likeness (QED) is 0.905. The summed E-state index contributed by atoms with van der Waals surface area (Å²) in [5.41, 5.74) is 1.73. The molecule has 7 nitrogen and oxygen atoms in total. The van der Waals surface area contributed by atoms with E-state index in [-0.39, 0.29) is 17.7 Å². The van der Waals surface area contributed by atoms with Crippen LogP contribution in [-0.2, 0) is 16.6 Å². The number of benzene rings is 1. The van der Waals surface area contributed by atoms with Crippen LogP contribution in [0.1, 0.15) is 19.8 Å². The van der Waals surface area contributed by atoms with Gasteiger partial charge in [-0.05, 0) is 25.0 Å². The van der Waals surface area contributed by atoms with Gasteiger partial charge in [0.2, 0.25) is 11.8 Å². The van der Waals surface area contributed by atoms with Crippen molar-refractivity contribution >= 4 is 28.6 Å². The SMILES string of the molecule is CC(=O)N1CCC(C(=O)Nc2ccc3c(c2)oc(=O)n3C)CC1. The number of aryl methyl sites for hydroxylation is 1. The van der Waals surface area contributed by atoms with Gasteiger partial charge in [0.1, 0.15) is 0 Å². The maximum absolute atomic E-state index is 12.3. The maximum Gasteiger partial charge on any atom is 0.419 e. The third kappa shape index (κ3) is 2.99. The Hall–Kier alpha value is -2.57. The van der Waals surface area contributed by atoms with E-state index in [9.17, 15) is 14.4 Å². The van der Waals surface area contributed by atoms with Crippen molar-refractivity contribution in [3.63, 3.8) is 0 Å². The zero-order valence-corrected chi connectivity index (χ0v) is 13.2. The summed E-state index contributed by atoms with van der Waals surface area (Å²) in [5, 5.41) is 2.86. The molecule has 1 aliphatic rings. The van der Waals surface area contributed by atoms with Crippen LogP contribution in [0.3, 0.4) is 0 Å². The Morgan fingerprint density at radius 3 is 2.61 bits per heavy atom. The average Bonchev–Trinajstić information content (AvgIpc) is 2.81. The van der Waals surface area contributed by atoms with Crippen molar-refractivity contribution in [2.24, 2.45) is 13.0 Å². The van der Waals surface area contributed by atoms with Gasteiger partial charge in [-0.2, -0.15) is 0 Å². The van der Waals surface area contributed by atoms with Gasteiger partial charge in [-0.15, -0.1) is 0 Å². The van der Waals surface area contributed by atoms with E-state index >= 15 is 0 Å². The monoisotopic (exact) mass is 317 g/mol. The van der Waals surface area contributed by atoms with Crippen LogP contribution in [-0.4, -0.2) is 34.4 Å². The first-order chi connectivity index (χ1) is 11.0. The first-order valence-corrected chi connectivity index (χ1v) is 7.61. The first kappa shape index (κ1) is 15.3. The van der Waals surface area contributed by atoms with E-state index in [1.807, 2.05) is 0 Å². The molecule has 0 aliphatic carbocycles. The van der Waals surface area contributed by atoms with Gasteiger partial charge >= 0.3 is 5.76 Å². The number of anilines is 1. The molecule has 3 rings (SSSR count). The molecule has 2 aromatic rings. The predicted molar refractivity (Wildman–Crippen MR) is 85.1 cm³/mol. The number of fused-ring (bicyclic) bond motifs is 1. The number of nitrogens with one attached hydrogen (secondary N) is 1. The van der Waals surface area contributed by atoms with Gasteiger partial charge in [0.25, 0.3) is 0 Å². The topological polar surface area (TPSA) is 84.6 Å². The molecule has 0 atom stereocenters. The largest absolute Gasteiger partial charge is 0.419 e. The van der Waals surface area contributed by atoms with Crippen LogP contribution >= 0.6 is 0 Å². The fourth-order valence-corrected chi connectivity index (χ4v) is 2.91. The average molecular weight is 317 g/mol. The van der Waals surface area contributed by atoms with Gasteiger partial charge < -0.3 is 14.6 Å². The van der Waals surface area contributed by atoms with E-state index in [2.05, 4.69) is 5.32 Å². The fraction of sp³-hybridized carbons (Fsp3) is 0.438. The number of hydrogen-bond donors (Lipinski definition) is 1. The van der Waals surface area contributed by atoms with Gasteiger partial charge in [0.05, 0.1) is 5.52 Å². The molecule has 0 spiro atoms. The molecule has 1 saturated heterocycles. The Labute approximate surface area is 132 Å². The van der Waals surface area contributed by atoms with Gasteiger partial charge in [0.15, 0.2) is 5.58 Å². The number of likely N-dealkylation sites (tertiary alicyclic amines) is 1. The minimum Gasteiger partial charge on any atom is -0.408 e. The molecule has 1 aromatic carbocycles. The Bertz CT molecular complexity index is 812. The van der Waals surface area contributed by atoms with Crippen LogP contribution in [0.4, 0.5) is 5.69 Å². The number of piperidine rings is 1. The van der Waals surface area contributed by atoms with E-state index in [1.165, 1.54) is 4.57 Å². The molecule has 2 heterocycles. The van der Waals surface area contributed by atoms with E-state index in [1.54, 1.807) is 37.1 Å². The summed E-state index contributed by atoms with van der Waals surface area (Å²) in [4.78, 5) is 36.9. The number of nitrogens with zero attached hydrogens (tertiary/aromatic N) is 2. The molecule has 1 fully saturated rings. The fourth-order valence-electron chi connectivity index (χ4n) is 2.91. The smallest absolute Gasteiger partial charge is 0.408 e. The molecule has 2 amide bonds. The predicted octanol–water partition coefficient (Wildman–Crippen LogP) is 1.33. The van der Waals surface area contributed by atoms with Crippen LogP contribution in [0, 0.1) is 5.92 Å². The zero-order valence-electron chi connectivity index (χ0n) is 13.2. The summed E-state index contributed by atoms with van der Waals surface area (Å²) in [6.45, 7) is 2.77. The molecule has 1 aromatic heterocycles. The van der Waals surface area contributed by atoms with Crippen molar-refractivity contribution < 1.29 is 14.0 Å². The summed E-state index contributed by atoms with van der Waals surface area (Å²) in [7, 11) is 1.63. The van der Waals surface area contributed by atoms with Crippen LogP contribution in [0.2, 0.25) is 0 Å². The van der Waals surface area contributed by atoms with Crippen molar-refractivity contribution in [2.45, 2.75) is 19.8 Å². The van der Waals surface area contributed by atoms with Gasteiger partial charge in [-0.3, -0.25) is 14.2 Å². The van der Waals surface area contributed by atoms with E-state index in [0.29, 0.717) is 42.7 Å². The lowest BCUT2D eigenvalue weighted by Crippen LogP contribution is -2.40. The summed E-state index contributed by atoms with van der Waals surface area (Å²) < 4.78 is 6.53. The Morgan fingerprint density at radius 2 is 1.96 bits per heavy atom. The highest BCUT2D eigenvalue weighted by molar-refractivity contribution is 5.94. The van der Waals surface area contributed by atoms with Gasteiger partial charge in [-0.25, -0.2) is 4.79 Å². The first-order valence-electron chi connectivity index (χ1n) is 7.61. The number of carbonyl (C=O) groups is 2. The van der Waals surface area contributed by atoms with Crippen LogP contribution in [0.5, 0.6) is 0 Å². The van der Waals surface area contributed by atoms with Crippen molar-refractivity contribution in [2.75, 3.05) is 18.4 Å². The highest BCUT2D eigenvalue weighted by atomic mass is 16.4. The molecule has 0 bridgehead atoms. The zero-order chi connectivity index (χ0) is 16.6. The highest BCUT2D eigenvalue weighted by Crippen LogP contribution is 2.22. The number of oxazole rings is 1. The number of rotatable bonds is 2. The highest BCUT2D eigenvalue weighted by Gasteiger charge is 2.26. The Kier molecular flexibility index (Phi) is 3.94. The van der Waals surface area contributed by atoms with Crippen molar-refractivity contribution in [1.82, 2.24) is 9.47 Å². The molecule has 0 saturated carbocycles. The van der Waals surface area contributed by atoms with Crippen molar-refractivity contribution in [3.05, 3.63) is 28.7 Å². The lowest BCUT2D eigenvalue weighted by Gasteiger charge is -2.30. The molecule has 1 aliphatic heterocycles. The molecule has 0 radical (unpaired) electrons. The Morgan fingerprint density at radius 1 is 1.26 bits per heavy atom. The lowest BCUT2D eigenvalue weighted by atomic mass is 9.96. The number of aromatic nitrogens is 1. The summed E-state index contributed by atoms with van der Waals surface area (Å²) in [6, 6.07) is 5.15. The minimum absolute atomic E-state index is 0.0495. The third-order valence-electron chi connectivity index (χ3n) is 4.37. The van der Waals surface area contributed by atoms with Gasteiger partial charge in [-0.1, -0.05) is 0 Å². The second kappa shape index (κ2) is 5.91. The molecule has 23 heavy (non-hydrogen) atoms. The molecule has 0 unspecified atom stereocenters. The number of amides is 2. The molecule has 122 valence electrons. The lowest BCUT2D eigenvalue weighted by molar-refractivity contribution is -0.132. The summed E-state index contributed by atoms with van der Waals surface area (Å²) in [6.07, 6.45) is 1.32. The molecular formula is C16H19N3O4. The standard InChI is InChI=1S/C16H19N3O4/c1-10(20)19-7-5-11(6-8-19)15(21)17-12-3-4-13-14(9-12)23-16(22)18(13)2/h3-4,9,11H,5-8H2,1-2H3,(H,17,21). The van der Waals surface area contributed by atoms with Gasteiger partial charge in [0, 0.05) is 44.7 Å². The summed E-state index contributed by atoms with van der Waals surface area (Å²) in [5.74, 6) is -0.552. The van der Waals surface area contributed by atoms with Crippen LogP contribution in [0.15, 0.2) is 27.4 Å². The second-order valence-electron chi connectivity index (χ2n) is 5.88. The molecule has 1 N–H and O–H groups in total. The van der Waals surface area contributed by atoms with E-state index in [4.69, 9.17) is 4.42 Å². The summed E-state index contributed by atoms with van der Waals surface area (Å²) >= 11 is 0. The number of carbonyl (C=O) groups excluding carboxylic acids is 2. The second-order valence-corrected chi connectivity index (χ2v) is 5.88. The third-order valence-corrected chi connectivity index (χ3v) is 4.37. The minimum atomic E-state index is -0.430. The molecule has 7 heteroatoms. The number of hydrogen-bond acceptors (Lipinski definition) is 4. The van der Waals surface area contributed by atoms with Crippen LogP contribution < -0.4 is 11.1 Å². The Balaban J connectivity index is 1.68. The van der Waals surface area contributed by atoms with Crippen molar-refractivity contribution in [3.8, 4) is 0 Å².